The molecule has 0 fully saturated rings. The molecule has 1 N–H and O–H groups in total. The summed E-state index contributed by atoms with van der Waals surface area (Å²) < 4.78 is 13.5. The number of benzene rings is 1. The van der Waals surface area contributed by atoms with Crippen molar-refractivity contribution in [1.82, 2.24) is 10.3 Å². The third-order valence-electron chi connectivity index (χ3n) is 2.50. The van der Waals surface area contributed by atoms with Crippen molar-refractivity contribution in [3.63, 3.8) is 0 Å². The molecule has 0 aliphatic heterocycles. The predicted molar refractivity (Wildman–Crippen MR) is 71.1 cm³/mol. The predicted octanol–water partition coefficient (Wildman–Crippen LogP) is 2.43. The number of aryl methyl sites for hydroxylation is 1. The smallest absolute Gasteiger partial charge is 0.270 e. The van der Waals surface area contributed by atoms with Crippen LogP contribution in [0.4, 0.5) is 10.1 Å². The van der Waals surface area contributed by atoms with Crippen LogP contribution < -0.4 is 5.32 Å². The maximum atomic E-state index is 13.5. The zero-order valence-electron chi connectivity index (χ0n) is 10.4. The van der Waals surface area contributed by atoms with Crippen molar-refractivity contribution in [3.05, 3.63) is 55.8 Å². The molecule has 0 saturated carbocycles. The number of amides is 1. The average molecular weight is 295 g/mol. The topological polar surface area (TPSA) is 85.1 Å². The highest BCUT2D eigenvalue weighted by Gasteiger charge is 2.16. The molecule has 1 aromatic carbocycles. The van der Waals surface area contributed by atoms with Crippen LogP contribution in [-0.2, 0) is 6.54 Å². The summed E-state index contributed by atoms with van der Waals surface area (Å²) >= 11 is 1.44. The number of non-ortho nitro benzene ring substituents is 1. The van der Waals surface area contributed by atoms with E-state index in [0.717, 1.165) is 23.2 Å². The van der Waals surface area contributed by atoms with Crippen molar-refractivity contribution in [1.29, 1.82) is 0 Å². The van der Waals surface area contributed by atoms with Crippen molar-refractivity contribution in [2.45, 2.75) is 13.5 Å². The van der Waals surface area contributed by atoms with E-state index >= 15 is 0 Å². The molecular weight excluding hydrogens is 285 g/mol. The number of aromatic nitrogens is 1. The fraction of sp³-hybridized carbons (Fsp3) is 0.167. The third-order valence-corrected chi connectivity index (χ3v) is 3.32. The monoisotopic (exact) mass is 295 g/mol. The number of nitro benzene ring substituents is 1. The molecule has 20 heavy (non-hydrogen) atoms. The molecule has 0 aliphatic rings. The van der Waals surface area contributed by atoms with Crippen molar-refractivity contribution >= 4 is 22.9 Å². The first-order valence-electron chi connectivity index (χ1n) is 5.60. The summed E-state index contributed by atoms with van der Waals surface area (Å²) in [7, 11) is 0. The Hall–Kier alpha value is -2.35. The van der Waals surface area contributed by atoms with Gasteiger partial charge in [0.2, 0.25) is 0 Å². The fourth-order valence-electron chi connectivity index (χ4n) is 1.56. The van der Waals surface area contributed by atoms with E-state index in [4.69, 9.17) is 0 Å². The minimum absolute atomic E-state index is 0.144. The number of nitro groups is 1. The second-order valence-corrected chi connectivity index (χ2v) is 5.02. The summed E-state index contributed by atoms with van der Waals surface area (Å²) in [5.41, 5.74) is -0.0288. The van der Waals surface area contributed by atoms with Gasteiger partial charge in [0.1, 0.15) is 5.82 Å². The normalized spacial score (nSPS) is 10.3. The Morgan fingerprint density at radius 1 is 1.55 bits per heavy atom. The van der Waals surface area contributed by atoms with E-state index in [9.17, 15) is 19.3 Å². The number of rotatable bonds is 4. The van der Waals surface area contributed by atoms with Crippen LogP contribution >= 0.6 is 11.3 Å². The zero-order chi connectivity index (χ0) is 14.7. The van der Waals surface area contributed by atoms with Crippen LogP contribution in [0.5, 0.6) is 0 Å². The summed E-state index contributed by atoms with van der Waals surface area (Å²) in [6.45, 7) is 1.97. The Morgan fingerprint density at radius 3 is 2.90 bits per heavy atom. The first kappa shape index (κ1) is 14.1. The largest absolute Gasteiger partial charge is 0.346 e. The van der Waals surface area contributed by atoms with Crippen LogP contribution in [0.3, 0.4) is 0 Å². The maximum absolute atomic E-state index is 13.5. The molecule has 0 saturated heterocycles. The fourth-order valence-corrected chi connectivity index (χ4v) is 2.17. The number of halogens is 1. The van der Waals surface area contributed by atoms with Crippen LogP contribution in [0.15, 0.2) is 23.6 Å². The van der Waals surface area contributed by atoms with E-state index in [1.54, 1.807) is 5.38 Å². The van der Waals surface area contributed by atoms with Gasteiger partial charge in [0.25, 0.3) is 11.6 Å². The number of hydrogen-bond acceptors (Lipinski definition) is 5. The molecule has 1 amide bonds. The van der Waals surface area contributed by atoms with E-state index in [-0.39, 0.29) is 17.8 Å². The summed E-state index contributed by atoms with van der Waals surface area (Å²) in [5, 5.41) is 15.7. The van der Waals surface area contributed by atoms with Gasteiger partial charge in [-0.2, -0.15) is 0 Å². The number of nitrogens with one attached hydrogen (secondary N) is 1. The molecule has 2 aromatic rings. The zero-order valence-corrected chi connectivity index (χ0v) is 11.2. The lowest BCUT2D eigenvalue weighted by atomic mass is 10.1. The lowest BCUT2D eigenvalue weighted by molar-refractivity contribution is -0.384. The molecule has 0 unspecified atom stereocenters. The Bertz CT molecular complexity index is 672. The molecule has 8 heteroatoms. The Morgan fingerprint density at radius 2 is 2.30 bits per heavy atom. The molecule has 104 valence electrons. The minimum atomic E-state index is -0.803. The van der Waals surface area contributed by atoms with Crippen LogP contribution in [0.2, 0.25) is 0 Å². The van der Waals surface area contributed by atoms with Gasteiger partial charge in [-0.15, -0.1) is 11.3 Å². The molecular formula is C12H10FN3O3S. The van der Waals surface area contributed by atoms with Crippen molar-refractivity contribution in [3.8, 4) is 0 Å². The molecule has 6 nitrogen and oxygen atoms in total. The summed E-state index contributed by atoms with van der Waals surface area (Å²) in [4.78, 5) is 25.9. The van der Waals surface area contributed by atoms with E-state index in [1.807, 2.05) is 6.92 Å². The number of carbonyl (C=O) groups is 1. The molecule has 0 spiro atoms. The summed E-state index contributed by atoms with van der Waals surface area (Å²) in [6.07, 6.45) is 0. The number of nitrogens with zero attached hydrogens (tertiary/aromatic N) is 2. The van der Waals surface area contributed by atoms with Gasteiger partial charge in [0, 0.05) is 17.5 Å². The van der Waals surface area contributed by atoms with Crippen LogP contribution in [0.1, 0.15) is 21.1 Å². The molecule has 0 bridgehead atoms. The highest BCUT2D eigenvalue weighted by Crippen LogP contribution is 2.17. The SMILES string of the molecule is Cc1nc(CNC(=O)c2cc([N+](=O)[O-])ccc2F)cs1. The Balaban J connectivity index is 2.12. The number of thiazole rings is 1. The minimum Gasteiger partial charge on any atom is -0.346 e. The lowest BCUT2D eigenvalue weighted by Crippen LogP contribution is -2.24. The van der Waals surface area contributed by atoms with Crippen molar-refractivity contribution in [2.24, 2.45) is 0 Å². The van der Waals surface area contributed by atoms with Gasteiger partial charge in [-0.25, -0.2) is 9.37 Å². The molecule has 0 atom stereocenters. The second kappa shape index (κ2) is 5.74. The summed E-state index contributed by atoms with van der Waals surface area (Å²) in [6, 6.07) is 2.83. The van der Waals surface area contributed by atoms with Gasteiger partial charge in [0.15, 0.2) is 0 Å². The standard InChI is InChI=1S/C12H10FN3O3S/c1-7-15-8(6-20-7)5-14-12(17)10-4-9(16(18)19)2-3-11(10)13/h2-4,6H,5H2,1H3,(H,14,17). The Kier molecular flexibility index (Phi) is 4.04. The van der Waals surface area contributed by atoms with Gasteiger partial charge >= 0.3 is 0 Å². The molecule has 2 rings (SSSR count). The highest BCUT2D eigenvalue weighted by molar-refractivity contribution is 7.09. The first-order valence-corrected chi connectivity index (χ1v) is 6.48. The van der Waals surface area contributed by atoms with Crippen LogP contribution in [0.25, 0.3) is 0 Å². The quantitative estimate of drug-likeness (QED) is 0.693. The average Bonchev–Trinajstić information content (AvgIpc) is 2.82. The molecule has 0 radical (unpaired) electrons. The van der Waals surface area contributed by atoms with Gasteiger partial charge in [-0.05, 0) is 13.0 Å². The van der Waals surface area contributed by atoms with Gasteiger partial charge in [-0.1, -0.05) is 0 Å². The van der Waals surface area contributed by atoms with Gasteiger partial charge < -0.3 is 5.32 Å². The molecule has 1 heterocycles. The van der Waals surface area contributed by atoms with Crippen molar-refractivity contribution < 1.29 is 14.1 Å². The second-order valence-electron chi connectivity index (χ2n) is 3.96. The van der Waals surface area contributed by atoms with E-state index in [0.29, 0.717) is 5.69 Å². The van der Waals surface area contributed by atoms with E-state index in [2.05, 4.69) is 10.3 Å². The number of hydrogen-bond donors (Lipinski definition) is 1. The van der Waals surface area contributed by atoms with Crippen LogP contribution in [0, 0.1) is 22.9 Å². The maximum Gasteiger partial charge on any atom is 0.270 e. The number of carbonyl (C=O) groups excluding carboxylic acids is 1. The Labute approximate surface area is 117 Å². The molecule has 1 aromatic heterocycles. The van der Waals surface area contributed by atoms with Gasteiger partial charge in [0.05, 0.1) is 27.7 Å². The summed E-state index contributed by atoms with van der Waals surface area (Å²) in [5.74, 6) is -1.51. The van der Waals surface area contributed by atoms with E-state index in [1.165, 1.54) is 11.3 Å². The third kappa shape index (κ3) is 3.15. The van der Waals surface area contributed by atoms with Gasteiger partial charge in [-0.3, -0.25) is 14.9 Å². The lowest BCUT2D eigenvalue weighted by Gasteiger charge is -2.04. The molecule has 0 aliphatic carbocycles. The van der Waals surface area contributed by atoms with E-state index < -0.39 is 16.6 Å². The first-order chi connectivity index (χ1) is 9.47. The van der Waals surface area contributed by atoms with Crippen LogP contribution in [-0.4, -0.2) is 15.8 Å². The van der Waals surface area contributed by atoms with Crippen molar-refractivity contribution in [2.75, 3.05) is 0 Å². The highest BCUT2D eigenvalue weighted by atomic mass is 32.1.